The Hall–Kier alpha value is -3.12. The fourth-order valence-corrected chi connectivity index (χ4v) is 3.45. The first-order valence-corrected chi connectivity index (χ1v) is 10.3. The number of nitrogens with zero attached hydrogens (tertiary/aromatic N) is 1. The van der Waals surface area contributed by atoms with Crippen molar-refractivity contribution in [1.29, 1.82) is 0 Å². The molecule has 0 aliphatic rings. The number of esters is 1. The van der Waals surface area contributed by atoms with E-state index in [0.29, 0.717) is 17.7 Å². The van der Waals surface area contributed by atoms with Crippen LogP contribution in [0.15, 0.2) is 59.0 Å². The second-order valence-electron chi connectivity index (χ2n) is 8.47. The van der Waals surface area contributed by atoms with Crippen LogP contribution in [0.5, 0.6) is 0 Å². The third-order valence-corrected chi connectivity index (χ3v) is 5.06. The zero-order valence-electron chi connectivity index (χ0n) is 18.7. The first-order chi connectivity index (χ1) is 14.7. The van der Waals surface area contributed by atoms with Crippen molar-refractivity contribution in [3.8, 4) is 0 Å². The van der Waals surface area contributed by atoms with Gasteiger partial charge in [0.15, 0.2) is 6.10 Å². The number of carbonyl (C=O) groups excluding carboxylic acids is 2. The van der Waals surface area contributed by atoms with E-state index in [2.05, 4.69) is 0 Å². The topological polar surface area (TPSA) is 69.0 Å². The molecule has 0 aliphatic carbocycles. The summed E-state index contributed by atoms with van der Waals surface area (Å²) < 4.78 is 16.5. The Balaban J connectivity index is 1.81. The summed E-state index contributed by atoms with van der Waals surface area (Å²) in [5.41, 5.74) is 1.73. The molecule has 0 radical (unpaired) electrons. The summed E-state index contributed by atoms with van der Waals surface area (Å²) in [6.07, 6.45) is -0.973. The molecule has 164 valence electrons. The van der Waals surface area contributed by atoms with Crippen LogP contribution >= 0.6 is 0 Å². The highest BCUT2D eigenvalue weighted by Crippen LogP contribution is 2.28. The highest BCUT2D eigenvalue weighted by Gasteiger charge is 2.33. The Morgan fingerprint density at radius 1 is 1.03 bits per heavy atom. The molecule has 2 aromatic carbocycles. The Bertz CT molecular complexity index is 1050. The fourth-order valence-electron chi connectivity index (χ4n) is 3.45. The van der Waals surface area contributed by atoms with E-state index in [1.807, 2.05) is 69.3 Å². The van der Waals surface area contributed by atoms with Gasteiger partial charge in [-0.15, -0.1) is 0 Å². The summed E-state index contributed by atoms with van der Waals surface area (Å²) in [7, 11) is 1.55. The van der Waals surface area contributed by atoms with E-state index >= 15 is 0 Å². The zero-order chi connectivity index (χ0) is 22.6. The third kappa shape index (κ3) is 5.14. The van der Waals surface area contributed by atoms with Gasteiger partial charge < -0.3 is 18.8 Å². The van der Waals surface area contributed by atoms with E-state index in [0.717, 1.165) is 10.9 Å². The van der Waals surface area contributed by atoms with Crippen molar-refractivity contribution in [2.45, 2.75) is 52.5 Å². The quantitative estimate of drug-likeness (QED) is 0.503. The summed E-state index contributed by atoms with van der Waals surface area (Å²) in [4.78, 5) is 27.9. The molecule has 1 heterocycles. The van der Waals surface area contributed by atoms with Gasteiger partial charge in [0.25, 0.3) is 5.91 Å². The number of furan rings is 1. The molecule has 0 saturated carbocycles. The number of ether oxygens (including phenoxy) is 2. The van der Waals surface area contributed by atoms with E-state index in [4.69, 9.17) is 13.9 Å². The second kappa shape index (κ2) is 9.35. The first kappa shape index (κ1) is 22.6. The van der Waals surface area contributed by atoms with E-state index in [1.54, 1.807) is 25.0 Å². The van der Waals surface area contributed by atoms with Gasteiger partial charge in [-0.05, 0) is 39.3 Å². The molecule has 1 aromatic heterocycles. The maximum absolute atomic E-state index is 13.2. The highest BCUT2D eigenvalue weighted by molar-refractivity contribution is 5.97. The maximum Gasteiger partial charge on any atom is 0.375 e. The molecule has 6 nitrogen and oxygen atoms in total. The van der Waals surface area contributed by atoms with Gasteiger partial charge in [0, 0.05) is 30.1 Å². The number of benzene rings is 2. The Kier molecular flexibility index (Phi) is 6.81. The molecule has 6 heteroatoms. The molecular weight excluding hydrogens is 394 g/mol. The van der Waals surface area contributed by atoms with E-state index in [1.165, 1.54) is 0 Å². The summed E-state index contributed by atoms with van der Waals surface area (Å²) in [5, 5.41) is 0.788. The standard InChI is InChI=1S/C25H29NO5/c1-17(23(27)26(25(2,3)4)15-18-11-7-6-8-12-18)30-24(28)22-20(16-29-5)19-13-9-10-14-21(19)31-22/h6-14,17H,15-16H2,1-5H3/t17-/m0/s1. The van der Waals surface area contributed by atoms with Crippen molar-refractivity contribution >= 4 is 22.8 Å². The van der Waals surface area contributed by atoms with Gasteiger partial charge in [0.1, 0.15) is 5.58 Å². The smallest absolute Gasteiger partial charge is 0.375 e. The lowest BCUT2D eigenvalue weighted by molar-refractivity contribution is -0.145. The number of fused-ring (bicyclic) bond motifs is 1. The van der Waals surface area contributed by atoms with Crippen LogP contribution in [0.2, 0.25) is 0 Å². The Morgan fingerprint density at radius 2 is 1.68 bits per heavy atom. The van der Waals surface area contributed by atoms with E-state index < -0.39 is 17.6 Å². The lowest BCUT2D eigenvalue weighted by Gasteiger charge is -2.37. The summed E-state index contributed by atoms with van der Waals surface area (Å²) in [6, 6.07) is 17.1. The molecular formula is C25H29NO5. The lowest BCUT2D eigenvalue weighted by atomic mass is 10.0. The van der Waals surface area contributed by atoms with E-state index in [9.17, 15) is 9.59 Å². The number of hydrogen-bond donors (Lipinski definition) is 0. The SMILES string of the molecule is COCc1c(C(=O)O[C@@H](C)C(=O)N(Cc2ccccc2)C(C)(C)C)oc2ccccc12. The normalized spacial score (nSPS) is 12.5. The van der Waals surface area contributed by atoms with E-state index in [-0.39, 0.29) is 18.3 Å². The second-order valence-corrected chi connectivity index (χ2v) is 8.47. The van der Waals surface area contributed by atoms with Crippen LogP contribution in [0.3, 0.4) is 0 Å². The average molecular weight is 424 g/mol. The monoisotopic (exact) mass is 423 g/mol. The molecule has 0 spiro atoms. The van der Waals surface area contributed by atoms with Crippen molar-refractivity contribution in [1.82, 2.24) is 4.90 Å². The molecule has 0 bridgehead atoms. The molecule has 1 atom stereocenters. The Labute approximate surface area is 182 Å². The molecule has 0 N–H and O–H groups in total. The molecule has 0 fully saturated rings. The van der Waals surface area contributed by atoms with Crippen molar-refractivity contribution in [2.24, 2.45) is 0 Å². The van der Waals surface area contributed by atoms with Gasteiger partial charge in [0.05, 0.1) is 6.61 Å². The number of methoxy groups -OCH3 is 1. The summed E-state index contributed by atoms with van der Waals surface area (Å²) in [5.74, 6) is -0.889. The number of rotatable bonds is 7. The van der Waals surface area contributed by atoms with Gasteiger partial charge in [0.2, 0.25) is 5.76 Å². The maximum atomic E-state index is 13.2. The number of carbonyl (C=O) groups is 2. The lowest BCUT2D eigenvalue weighted by Crippen LogP contribution is -2.49. The molecule has 0 saturated heterocycles. The fraction of sp³-hybridized carbons (Fsp3) is 0.360. The van der Waals surface area contributed by atoms with Crippen LogP contribution in [0.25, 0.3) is 11.0 Å². The average Bonchev–Trinajstić information content (AvgIpc) is 3.10. The van der Waals surface area contributed by atoms with Crippen LogP contribution in [0.4, 0.5) is 0 Å². The van der Waals surface area contributed by atoms with Gasteiger partial charge >= 0.3 is 5.97 Å². The van der Waals surface area contributed by atoms with Crippen LogP contribution < -0.4 is 0 Å². The molecule has 0 aliphatic heterocycles. The van der Waals surface area contributed by atoms with Crippen molar-refractivity contribution < 1.29 is 23.5 Å². The molecule has 31 heavy (non-hydrogen) atoms. The van der Waals surface area contributed by atoms with Crippen LogP contribution in [-0.4, -0.2) is 35.5 Å². The van der Waals surface area contributed by atoms with Gasteiger partial charge in [-0.1, -0.05) is 48.5 Å². The number of para-hydroxylation sites is 1. The third-order valence-electron chi connectivity index (χ3n) is 5.06. The van der Waals surface area contributed by atoms with Crippen molar-refractivity contribution in [2.75, 3.05) is 7.11 Å². The summed E-state index contributed by atoms with van der Waals surface area (Å²) >= 11 is 0. The van der Waals surface area contributed by atoms with Gasteiger partial charge in [-0.3, -0.25) is 4.79 Å². The largest absolute Gasteiger partial charge is 0.449 e. The number of amides is 1. The minimum Gasteiger partial charge on any atom is -0.449 e. The number of hydrogen-bond acceptors (Lipinski definition) is 5. The van der Waals surface area contributed by atoms with Crippen molar-refractivity contribution in [3.63, 3.8) is 0 Å². The zero-order valence-corrected chi connectivity index (χ0v) is 18.7. The minimum atomic E-state index is -0.973. The molecule has 1 amide bonds. The van der Waals surface area contributed by atoms with Gasteiger partial charge in [-0.2, -0.15) is 0 Å². The summed E-state index contributed by atoms with van der Waals surface area (Å²) in [6.45, 7) is 8.08. The van der Waals surface area contributed by atoms with Crippen molar-refractivity contribution in [3.05, 3.63) is 71.5 Å². The molecule has 3 aromatic rings. The first-order valence-electron chi connectivity index (χ1n) is 10.3. The predicted molar refractivity (Wildman–Crippen MR) is 119 cm³/mol. The van der Waals surface area contributed by atoms with Gasteiger partial charge in [-0.25, -0.2) is 4.79 Å². The van der Waals surface area contributed by atoms with Crippen LogP contribution in [0, 0.1) is 0 Å². The molecule has 0 unspecified atom stereocenters. The van der Waals surface area contributed by atoms with Crippen LogP contribution in [0.1, 0.15) is 49.4 Å². The molecule has 3 rings (SSSR count). The minimum absolute atomic E-state index is 0.0630. The van der Waals surface area contributed by atoms with Crippen LogP contribution in [-0.2, 0) is 27.4 Å². The highest BCUT2D eigenvalue weighted by atomic mass is 16.6. The predicted octanol–water partition coefficient (Wildman–Crippen LogP) is 4.95. The Morgan fingerprint density at radius 3 is 2.32 bits per heavy atom.